The lowest BCUT2D eigenvalue weighted by atomic mass is 10.2. The molecule has 1 aromatic carbocycles. The number of halogens is 1. The molecule has 0 spiro atoms. The summed E-state index contributed by atoms with van der Waals surface area (Å²) in [4.78, 5) is 4.51. The van der Waals surface area contributed by atoms with Gasteiger partial charge < -0.3 is 10.1 Å². The van der Waals surface area contributed by atoms with Gasteiger partial charge in [0.05, 0.1) is 0 Å². The minimum atomic E-state index is 0.474. The third-order valence-electron chi connectivity index (χ3n) is 3.13. The van der Waals surface area contributed by atoms with Crippen molar-refractivity contribution in [2.75, 3.05) is 6.54 Å². The van der Waals surface area contributed by atoms with Gasteiger partial charge in [-0.3, -0.25) is 0 Å². The first kappa shape index (κ1) is 15.8. The van der Waals surface area contributed by atoms with E-state index in [1.54, 1.807) is 0 Å². The predicted octanol–water partition coefficient (Wildman–Crippen LogP) is 3.99. The van der Waals surface area contributed by atoms with E-state index in [0.29, 0.717) is 12.5 Å². The maximum absolute atomic E-state index is 5.98. The fourth-order valence-electron chi connectivity index (χ4n) is 2.03. The highest BCUT2D eigenvalue weighted by atomic mass is 35.5. The Bertz CT molecular complexity index is 587. The Hall–Kier alpha value is -1.58. The van der Waals surface area contributed by atoms with Gasteiger partial charge in [-0.1, -0.05) is 37.6 Å². The predicted molar refractivity (Wildman–Crippen MR) is 86.8 cm³/mol. The van der Waals surface area contributed by atoms with Gasteiger partial charge in [0.2, 0.25) is 5.88 Å². The first-order valence-electron chi connectivity index (χ1n) is 7.29. The van der Waals surface area contributed by atoms with Crippen molar-refractivity contribution in [1.82, 2.24) is 10.3 Å². The summed E-state index contributed by atoms with van der Waals surface area (Å²) in [7, 11) is 0. The highest BCUT2D eigenvalue weighted by Gasteiger charge is 2.04. The monoisotopic (exact) mass is 304 g/mol. The number of rotatable bonds is 7. The molecule has 0 unspecified atom stereocenters. The molecule has 0 saturated carbocycles. The van der Waals surface area contributed by atoms with Crippen LogP contribution in [0.4, 0.5) is 0 Å². The Kier molecular flexibility index (Phi) is 6.03. The molecule has 0 radical (unpaired) electrons. The van der Waals surface area contributed by atoms with E-state index in [2.05, 4.69) is 30.2 Å². The molecule has 0 fully saturated rings. The molecule has 21 heavy (non-hydrogen) atoms. The van der Waals surface area contributed by atoms with Crippen LogP contribution in [0, 0.1) is 0 Å². The molecule has 1 heterocycles. The fraction of sp³-hybridized carbons (Fsp3) is 0.353. The Morgan fingerprint density at radius 2 is 2.00 bits per heavy atom. The molecule has 4 heteroatoms. The van der Waals surface area contributed by atoms with Crippen molar-refractivity contribution >= 4 is 11.6 Å². The van der Waals surface area contributed by atoms with Gasteiger partial charge in [0.15, 0.2) is 0 Å². The Labute approximate surface area is 131 Å². The zero-order valence-corrected chi connectivity index (χ0v) is 13.3. The normalized spacial score (nSPS) is 10.6. The summed E-state index contributed by atoms with van der Waals surface area (Å²) in [5.74, 6) is 0.669. The van der Waals surface area contributed by atoms with Crippen LogP contribution in [0.25, 0.3) is 0 Å². The average molecular weight is 305 g/mol. The van der Waals surface area contributed by atoms with Crippen LogP contribution in [0.2, 0.25) is 5.02 Å². The summed E-state index contributed by atoms with van der Waals surface area (Å²) < 4.78 is 5.81. The van der Waals surface area contributed by atoms with Crippen LogP contribution in [0.15, 0.2) is 36.4 Å². The fourth-order valence-corrected chi connectivity index (χ4v) is 2.24. The van der Waals surface area contributed by atoms with Gasteiger partial charge in [0.1, 0.15) is 6.61 Å². The maximum Gasteiger partial charge on any atom is 0.214 e. The van der Waals surface area contributed by atoms with E-state index in [0.717, 1.165) is 35.8 Å². The van der Waals surface area contributed by atoms with Gasteiger partial charge in [-0.2, -0.15) is 0 Å². The molecule has 0 atom stereocenters. The van der Waals surface area contributed by atoms with E-state index < -0.39 is 0 Å². The molecular formula is C17H21ClN2O. The molecule has 0 saturated heterocycles. The summed E-state index contributed by atoms with van der Waals surface area (Å²) in [5, 5.41) is 4.05. The van der Waals surface area contributed by atoms with Crippen LogP contribution in [-0.2, 0) is 19.6 Å². The zero-order valence-electron chi connectivity index (χ0n) is 12.5. The molecular weight excluding hydrogens is 284 g/mol. The first-order valence-corrected chi connectivity index (χ1v) is 7.67. The highest BCUT2D eigenvalue weighted by molar-refractivity contribution is 6.30. The number of pyridine rings is 1. The number of ether oxygens (including phenoxy) is 1. The Balaban J connectivity index is 2.07. The van der Waals surface area contributed by atoms with E-state index in [9.17, 15) is 0 Å². The van der Waals surface area contributed by atoms with Gasteiger partial charge in [0, 0.05) is 23.3 Å². The SMILES string of the molecule is CCNCc1cc(CC)nc(OCc2cccc(Cl)c2)c1. The molecule has 2 rings (SSSR count). The van der Waals surface area contributed by atoms with Crippen LogP contribution in [0.1, 0.15) is 30.7 Å². The lowest BCUT2D eigenvalue weighted by molar-refractivity contribution is 0.292. The zero-order chi connectivity index (χ0) is 15.1. The highest BCUT2D eigenvalue weighted by Crippen LogP contribution is 2.16. The van der Waals surface area contributed by atoms with Crippen LogP contribution >= 0.6 is 11.6 Å². The lowest BCUT2D eigenvalue weighted by Gasteiger charge is -2.10. The second-order valence-corrected chi connectivity index (χ2v) is 5.29. The third-order valence-corrected chi connectivity index (χ3v) is 3.37. The molecule has 1 N–H and O–H groups in total. The number of hydrogen-bond acceptors (Lipinski definition) is 3. The van der Waals surface area contributed by atoms with Crippen molar-refractivity contribution in [2.45, 2.75) is 33.4 Å². The minimum absolute atomic E-state index is 0.474. The molecule has 2 aromatic rings. The van der Waals surface area contributed by atoms with E-state index in [1.165, 1.54) is 5.56 Å². The Morgan fingerprint density at radius 1 is 1.14 bits per heavy atom. The number of aromatic nitrogens is 1. The van der Waals surface area contributed by atoms with Crippen molar-refractivity contribution in [3.8, 4) is 5.88 Å². The second kappa shape index (κ2) is 8.01. The minimum Gasteiger partial charge on any atom is -0.473 e. The van der Waals surface area contributed by atoms with E-state index in [4.69, 9.17) is 16.3 Å². The van der Waals surface area contributed by atoms with Crippen molar-refractivity contribution < 1.29 is 4.74 Å². The standard InChI is InChI=1S/C17H21ClN2O/c1-3-16-9-14(11-19-4-2)10-17(20-16)21-12-13-6-5-7-15(18)8-13/h5-10,19H,3-4,11-12H2,1-2H3. The number of nitrogens with zero attached hydrogens (tertiary/aromatic N) is 1. The number of aryl methyl sites for hydroxylation is 1. The molecule has 0 aliphatic heterocycles. The van der Waals surface area contributed by atoms with Gasteiger partial charge >= 0.3 is 0 Å². The molecule has 112 valence electrons. The molecule has 1 aromatic heterocycles. The van der Waals surface area contributed by atoms with Gasteiger partial charge in [-0.15, -0.1) is 0 Å². The summed E-state index contributed by atoms with van der Waals surface area (Å²) >= 11 is 5.98. The molecule has 3 nitrogen and oxygen atoms in total. The lowest BCUT2D eigenvalue weighted by Crippen LogP contribution is -2.12. The van der Waals surface area contributed by atoms with Crippen molar-refractivity contribution in [3.05, 3.63) is 58.2 Å². The molecule has 0 bridgehead atoms. The van der Waals surface area contributed by atoms with Crippen molar-refractivity contribution in [2.24, 2.45) is 0 Å². The molecule has 0 aliphatic carbocycles. The average Bonchev–Trinajstić information content (AvgIpc) is 2.51. The number of benzene rings is 1. The van der Waals surface area contributed by atoms with Crippen LogP contribution in [0.3, 0.4) is 0 Å². The summed E-state index contributed by atoms with van der Waals surface area (Å²) in [6.45, 7) is 6.45. The topological polar surface area (TPSA) is 34.2 Å². The van der Waals surface area contributed by atoms with E-state index in [1.807, 2.05) is 30.3 Å². The van der Waals surface area contributed by atoms with Gasteiger partial charge in [-0.05, 0) is 42.3 Å². The van der Waals surface area contributed by atoms with E-state index >= 15 is 0 Å². The van der Waals surface area contributed by atoms with Crippen LogP contribution < -0.4 is 10.1 Å². The number of nitrogens with one attached hydrogen (secondary N) is 1. The number of hydrogen-bond donors (Lipinski definition) is 1. The van der Waals surface area contributed by atoms with E-state index in [-0.39, 0.29) is 0 Å². The smallest absolute Gasteiger partial charge is 0.214 e. The summed E-state index contributed by atoms with van der Waals surface area (Å²) in [6, 6.07) is 11.8. The molecule has 0 aliphatic rings. The van der Waals surface area contributed by atoms with Gasteiger partial charge in [0.25, 0.3) is 0 Å². The first-order chi connectivity index (χ1) is 10.2. The van der Waals surface area contributed by atoms with Crippen molar-refractivity contribution in [1.29, 1.82) is 0 Å². The van der Waals surface area contributed by atoms with Crippen LogP contribution in [0.5, 0.6) is 5.88 Å². The third kappa shape index (κ3) is 5.03. The summed E-state index contributed by atoms with van der Waals surface area (Å²) in [5.41, 5.74) is 3.29. The maximum atomic E-state index is 5.98. The largest absolute Gasteiger partial charge is 0.473 e. The molecule has 0 amide bonds. The quantitative estimate of drug-likeness (QED) is 0.840. The van der Waals surface area contributed by atoms with Crippen molar-refractivity contribution in [3.63, 3.8) is 0 Å². The Morgan fingerprint density at radius 3 is 2.71 bits per heavy atom. The second-order valence-electron chi connectivity index (χ2n) is 4.86. The van der Waals surface area contributed by atoms with Crippen LogP contribution in [-0.4, -0.2) is 11.5 Å². The van der Waals surface area contributed by atoms with Gasteiger partial charge in [-0.25, -0.2) is 4.98 Å². The summed E-state index contributed by atoms with van der Waals surface area (Å²) in [6.07, 6.45) is 0.896.